The van der Waals surface area contributed by atoms with E-state index >= 15 is 0 Å². The lowest BCUT2D eigenvalue weighted by atomic mass is 10.2. The monoisotopic (exact) mass is 368 g/mol. The maximum absolute atomic E-state index is 14.2. The molecule has 3 nitrogen and oxygen atoms in total. The fraction of sp³-hybridized carbons (Fsp3) is 0.133. The SMILES string of the molecule is COc1ccc2c(c1)nc(CCl)n2-c1cc(Br)ccc1F. The summed E-state index contributed by atoms with van der Waals surface area (Å²) in [7, 11) is 1.59. The second kappa shape index (κ2) is 5.66. The second-order valence-electron chi connectivity index (χ2n) is 4.45. The van der Waals surface area contributed by atoms with Gasteiger partial charge in [0.1, 0.15) is 17.4 Å². The molecular weight excluding hydrogens is 359 g/mol. The van der Waals surface area contributed by atoms with Crippen LogP contribution in [0.15, 0.2) is 40.9 Å². The molecule has 0 fully saturated rings. The van der Waals surface area contributed by atoms with E-state index in [4.69, 9.17) is 16.3 Å². The Kier molecular flexibility index (Phi) is 3.87. The zero-order valence-electron chi connectivity index (χ0n) is 11.1. The van der Waals surface area contributed by atoms with Gasteiger partial charge in [-0.3, -0.25) is 4.57 Å². The number of aromatic nitrogens is 2. The molecule has 0 unspecified atom stereocenters. The Morgan fingerprint density at radius 2 is 2.10 bits per heavy atom. The molecule has 0 aliphatic heterocycles. The first-order chi connectivity index (χ1) is 10.1. The Bertz CT molecular complexity index is 819. The molecule has 1 aromatic heterocycles. The van der Waals surface area contributed by atoms with Crippen molar-refractivity contribution in [1.29, 1.82) is 0 Å². The standard InChI is InChI=1S/C15H11BrClFN2O/c1-21-10-3-5-13-12(7-10)19-15(8-17)20(13)14-6-9(16)2-4-11(14)18/h2-7H,8H2,1H3. The number of nitrogens with zero attached hydrogens (tertiary/aromatic N) is 2. The predicted molar refractivity (Wildman–Crippen MR) is 84.8 cm³/mol. The van der Waals surface area contributed by atoms with Gasteiger partial charge in [0.25, 0.3) is 0 Å². The number of hydrogen-bond acceptors (Lipinski definition) is 2. The summed E-state index contributed by atoms with van der Waals surface area (Å²) in [5.74, 6) is 1.13. The molecule has 0 saturated heterocycles. The van der Waals surface area contributed by atoms with Gasteiger partial charge in [-0.05, 0) is 30.3 Å². The summed E-state index contributed by atoms with van der Waals surface area (Å²) in [6.45, 7) is 0. The van der Waals surface area contributed by atoms with E-state index < -0.39 is 0 Å². The van der Waals surface area contributed by atoms with Crippen LogP contribution in [0.3, 0.4) is 0 Å². The Morgan fingerprint density at radius 1 is 1.29 bits per heavy atom. The minimum atomic E-state index is -0.334. The Balaban J connectivity index is 2.32. The van der Waals surface area contributed by atoms with Gasteiger partial charge in [-0.25, -0.2) is 9.37 Å². The zero-order chi connectivity index (χ0) is 15.0. The molecule has 0 aliphatic carbocycles. The molecular formula is C15H11BrClFN2O. The van der Waals surface area contributed by atoms with Crippen molar-refractivity contribution in [3.63, 3.8) is 0 Å². The molecule has 3 aromatic rings. The number of benzene rings is 2. The fourth-order valence-corrected chi connectivity index (χ4v) is 2.78. The van der Waals surface area contributed by atoms with E-state index in [0.717, 1.165) is 9.99 Å². The Morgan fingerprint density at radius 3 is 2.81 bits per heavy atom. The van der Waals surface area contributed by atoms with Gasteiger partial charge in [0.05, 0.1) is 29.7 Å². The van der Waals surface area contributed by atoms with Crippen molar-refractivity contribution in [1.82, 2.24) is 9.55 Å². The van der Waals surface area contributed by atoms with Crippen LogP contribution in [0.2, 0.25) is 0 Å². The molecule has 0 N–H and O–H groups in total. The summed E-state index contributed by atoms with van der Waals surface area (Å²) in [6.07, 6.45) is 0. The van der Waals surface area contributed by atoms with Crippen molar-refractivity contribution < 1.29 is 9.13 Å². The van der Waals surface area contributed by atoms with Gasteiger partial charge in [0, 0.05) is 10.5 Å². The number of hydrogen-bond donors (Lipinski definition) is 0. The summed E-state index contributed by atoms with van der Waals surface area (Å²) in [6, 6.07) is 10.2. The van der Waals surface area contributed by atoms with Crippen molar-refractivity contribution in [2.75, 3.05) is 7.11 Å². The maximum atomic E-state index is 14.2. The first-order valence-corrected chi connectivity index (χ1v) is 7.53. The van der Waals surface area contributed by atoms with Crippen LogP contribution in [0, 0.1) is 5.82 Å². The Hall–Kier alpha value is -1.59. The number of alkyl halides is 1. The van der Waals surface area contributed by atoms with Gasteiger partial charge in [0.15, 0.2) is 0 Å². The van der Waals surface area contributed by atoms with E-state index in [-0.39, 0.29) is 11.7 Å². The number of ether oxygens (including phenoxy) is 1. The lowest BCUT2D eigenvalue weighted by Gasteiger charge is -2.09. The molecule has 0 bridgehead atoms. The predicted octanol–water partition coefficient (Wildman–Crippen LogP) is 4.67. The molecule has 2 aromatic carbocycles. The molecule has 21 heavy (non-hydrogen) atoms. The number of halogens is 3. The van der Waals surface area contributed by atoms with Crippen LogP contribution in [-0.2, 0) is 5.88 Å². The summed E-state index contributed by atoms with van der Waals surface area (Å²) < 4.78 is 21.9. The normalized spacial score (nSPS) is 11.0. The highest BCUT2D eigenvalue weighted by Crippen LogP contribution is 2.28. The van der Waals surface area contributed by atoms with Gasteiger partial charge >= 0.3 is 0 Å². The van der Waals surface area contributed by atoms with Gasteiger partial charge in [0.2, 0.25) is 0 Å². The summed E-state index contributed by atoms with van der Waals surface area (Å²) in [5.41, 5.74) is 1.90. The molecule has 3 rings (SSSR count). The minimum absolute atomic E-state index is 0.183. The molecule has 0 saturated carbocycles. The first-order valence-electron chi connectivity index (χ1n) is 6.21. The van der Waals surface area contributed by atoms with Crippen molar-refractivity contribution in [2.24, 2.45) is 0 Å². The third-order valence-electron chi connectivity index (χ3n) is 3.20. The van der Waals surface area contributed by atoms with E-state index in [2.05, 4.69) is 20.9 Å². The van der Waals surface area contributed by atoms with Gasteiger partial charge < -0.3 is 4.74 Å². The number of methoxy groups -OCH3 is 1. The third-order valence-corrected chi connectivity index (χ3v) is 3.93. The molecule has 0 aliphatic rings. The van der Waals surface area contributed by atoms with Crippen LogP contribution in [-0.4, -0.2) is 16.7 Å². The van der Waals surface area contributed by atoms with Crippen LogP contribution in [0.25, 0.3) is 16.7 Å². The van der Waals surface area contributed by atoms with Crippen LogP contribution in [0.4, 0.5) is 4.39 Å². The van der Waals surface area contributed by atoms with Crippen LogP contribution >= 0.6 is 27.5 Å². The average Bonchev–Trinajstić information content (AvgIpc) is 2.87. The molecule has 0 radical (unpaired) electrons. The topological polar surface area (TPSA) is 27.1 Å². The number of rotatable bonds is 3. The Labute approximate surface area is 134 Å². The third kappa shape index (κ3) is 2.51. The molecule has 0 atom stereocenters. The van der Waals surface area contributed by atoms with Crippen molar-refractivity contribution in [3.05, 3.63) is 52.5 Å². The van der Waals surface area contributed by atoms with E-state index in [1.807, 2.05) is 12.1 Å². The van der Waals surface area contributed by atoms with Crippen molar-refractivity contribution in [3.8, 4) is 11.4 Å². The van der Waals surface area contributed by atoms with E-state index in [1.54, 1.807) is 29.9 Å². The summed E-state index contributed by atoms with van der Waals surface area (Å²) in [5, 5.41) is 0. The van der Waals surface area contributed by atoms with E-state index in [1.165, 1.54) is 6.07 Å². The number of fused-ring (bicyclic) bond motifs is 1. The number of imidazole rings is 1. The van der Waals surface area contributed by atoms with E-state index in [9.17, 15) is 4.39 Å². The highest BCUT2D eigenvalue weighted by molar-refractivity contribution is 9.10. The molecule has 0 spiro atoms. The molecule has 0 amide bonds. The first kappa shape index (κ1) is 14.4. The van der Waals surface area contributed by atoms with Crippen molar-refractivity contribution >= 4 is 38.6 Å². The zero-order valence-corrected chi connectivity index (χ0v) is 13.4. The maximum Gasteiger partial charge on any atom is 0.147 e. The molecule has 1 heterocycles. The smallest absolute Gasteiger partial charge is 0.147 e. The van der Waals surface area contributed by atoms with Crippen LogP contribution < -0.4 is 4.74 Å². The van der Waals surface area contributed by atoms with Gasteiger partial charge in [-0.2, -0.15) is 0 Å². The molecule has 6 heteroatoms. The quantitative estimate of drug-likeness (QED) is 0.627. The van der Waals surface area contributed by atoms with Crippen molar-refractivity contribution in [2.45, 2.75) is 5.88 Å². The second-order valence-corrected chi connectivity index (χ2v) is 5.63. The highest BCUT2D eigenvalue weighted by atomic mass is 79.9. The van der Waals surface area contributed by atoms with Crippen LogP contribution in [0.5, 0.6) is 5.75 Å². The lowest BCUT2D eigenvalue weighted by Crippen LogP contribution is -2.02. The lowest BCUT2D eigenvalue weighted by molar-refractivity contribution is 0.415. The average molecular weight is 370 g/mol. The summed E-state index contributed by atoms with van der Waals surface area (Å²) in [4.78, 5) is 4.46. The fourth-order valence-electron chi connectivity index (χ4n) is 2.25. The highest BCUT2D eigenvalue weighted by Gasteiger charge is 2.15. The van der Waals surface area contributed by atoms with Gasteiger partial charge in [-0.1, -0.05) is 15.9 Å². The van der Waals surface area contributed by atoms with Crippen LogP contribution in [0.1, 0.15) is 5.82 Å². The van der Waals surface area contributed by atoms with E-state index in [0.29, 0.717) is 22.8 Å². The largest absolute Gasteiger partial charge is 0.497 e. The van der Waals surface area contributed by atoms with Gasteiger partial charge in [-0.15, -0.1) is 11.6 Å². The summed E-state index contributed by atoms with van der Waals surface area (Å²) >= 11 is 9.33. The minimum Gasteiger partial charge on any atom is -0.497 e. The molecule has 108 valence electrons.